The quantitative estimate of drug-likeness (QED) is 0.387. The summed E-state index contributed by atoms with van der Waals surface area (Å²) in [6.07, 6.45) is 0. The molecule has 3 aromatic rings. The van der Waals surface area contributed by atoms with E-state index in [2.05, 4.69) is 10.4 Å². The lowest BCUT2D eigenvalue weighted by Gasteiger charge is -2.12. The summed E-state index contributed by atoms with van der Waals surface area (Å²) in [6.45, 7) is 2.72. The lowest BCUT2D eigenvalue weighted by Crippen LogP contribution is -2.26. The predicted octanol–water partition coefficient (Wildman–Crippen LogP) is 2.25. The van der Waals surface area contributed by atoms with Crippen molar-refractivity contribution in [2.24, 2.45) is 7.05 Å². The van der Waals surface area contributed by atoms with Crippen LogP contribution < -0.4 is 10.9 Å². The maximum atomic E-state index is 12.5. The van der Waals surface area contributed by atoms with Crippen LogP contribution in [0, 0.1) is 24.0 Å². The van der Waals surface area contributed by atoms with E-state index in [4.69, 9.17) is 4.74 Å². The Morgan fingerprint density at radius 2 is 1.83 bits per heavy atom. The lowest BCUT2D eigenvalue weighted by atomic mass is 10.1. The third-order valence-electron chi connectivity index (χ3n) is 4.66. The first-order chi connectivity index (χ1) is 14.2. The number of benzene rings is 2. The molecule has 30 heavy (non-hydrogen) atoms. The number of rotatable bonds is 5. The minimum Gasteiger partial charge on any atom is -0.451 e. The number of esters is 1. The molecule has 1 N–H and O–H groups in total. The first-order valence-corrected chi connectivity index (χ1v) is 8.88. The molecule has 0 aliphatic heterocycles. The number of nitrogens with zero attached hydrogens (tertiary/aromatic N) is 3. The van der Waals surface area contributed by atoms with E-state index in [1.54, 1.807) is 44.2 Å². The Labute approximate surface area is 170 Å². The summed E-state index contributed by atoms with van der Waals surface area (Å²) in [5.74, 6) is -1.64. The van der Waals surface area contributed by atoms with Gasteiger partial charge in [0.1, 0.15) is 5.69 Å². The van der Waals surface area contributed by atoms with E-state index >= 15 is 0 Å². The standard InChI is InChI=1S/C20H18N4O6/c1-11-8-9-15(24(28)29)17(12(11)2)21-16(25)10-30-20(27)18-13-6-4-5-7-14(13)19(26)23(3)22-18/h4-9H,10H2,1-3H3,(H,21,25). The number of carbonyl (C=O) groups excluding carboxylic acids is 2. The van der Waals surface area contributed by atoms with Crippen molar-refractivity contribution in [1.29, 1.82) is 0 Å². The number of amides is 1. The number of aromatic nitrogens is 2. The number of hydrogen-bond acceptors (Lipinski definition) is 7. The van der Waals surface area contributed by atoms with E-state index in [1.165, 1.54) is 13.1 Å². The van der Waals surface area contributed by atoms with E-state index in [-0.39, 0.29) is 28.0 Å². The molecule has 0 saturated heterocycles. The van der Waals surface area contributed by atoms with Crippen molar-refractivity contribution in [1.82, 2.24) is 9.78 Å². The topological polar surface area (TPSA) is 133 Å². The molecule has 1 heterocycles. The molecule has 0 atom stereocenters. The number of nitro groups is 1. The second-order valence-electron chi connectivity index (χ2n) is 6.61. The van der Waals surface area contributed by atoms with Crippen LogP contribution in [0.3, 0.4) is 0 Å². The van der Waals surface area contributed by atoms with Gasteiger partial charge in [-0.3, -0.25) is 19.7 Å². The Kier molecular flexibility index (Phi) is 5.58. The SMILES string of the molecule is Cc1ccc([N+](=O)[O-])c(NC(=O)COC(=O)c2nn(C)c(=O)c3ccccc23)c1C. The molecule has 0 aliphatic rings. The van der Waals surface area contributed by atoms with Gasteiger partial charge >= 0.3 is 5.97 Å². The van der Waals surface area contributed by atoms with Crippen molar-refractivity contribution in [3.63, 3.8) is 0 Å². The molecule has 0 bridgehead atoms. The highest BCUT2D eigenvalue weighted by atomic mass is 16.6. The molecule has 0 saturated carbocycles. The van der Waals surface area contributed by atoms with Crippen molar-refractivity contribution in [3.8, 4) is 0 Å². The predicted molar refractivity (Wildman–Crippen MR) is 108 cm³/mol. The van der Waals surface area contributed by atoms with E-state index in [0.29, 0.717) is 10.9 Å². The molecule has 3 rings (SSSR count). The monoisotopic (exact) mass is 410 g/mol. The minimum atomic E-state index is -0.896. The van der Waals surface area contributed by atoms with Gasteiger partial charge in [-0.1, -0.05) is 24.3 Å². The van der Waals surface area contributed by atoms with E-state index in [9.17, 15) is 24.5 Å². The second-order valence-corrected chi connectivity index (χ2v) is 6.61. The van der Waals surface area contributed by atoms with Crippen LogP contribution in [0.1, 0.15) is 21.6 Å². The fourth-order valence-electron chi connectivity index (χ4n) is 2.94. The van der Waals surface area contributed by atoms with Crippen LogP contribution in [0.2, 0.25) is 0 Å². The van der Waals surface area contributed by atoms with Crippen LogP contribution in [0.4, 0.5) is 11.4 Å². The number of ether oxygens (including phenoxy) is 1. The van der Waals surface area contributed by atoms with E-state index in [0.717, 1.165) is 10.2 Å². The highest BCUT2D eigenvalue weighted by Crippen LogP contribution is 2.30. The summed E-state index contributed by atoms with van der Waals surface area (Å²) >= 11 is 0. The zero-order chi connectivity index (χ0) is 22.0. The van der Waals surface area contributed by atoms with Gasteiger partial charge in [0.15, 0.2) is 12.3 Å². The Morgan fingerprint density at radius 1 is 1.17 bits per heavy atom. The summed E-state index contributed by atoms with van der Waals surface area (Å²) in [5.41, 5.74) is 0.596. The van der Waals surface area contributed by atoms with E-state index in [1.807, 2.05) is 0 Å². The Morgan fingerprint density at radius 3 is 2.50 bits per heavy atom. The van der Waals surface area contributed by atoms with Gasteiger partial charge in [-0.2, -0.15) is 5.10 Å². The highest BCUT2D eigenvalue weighted by Gasteiger charge is 2.21. The van der Waals surface area contributed by atoms with Crippen molar-refractivity contribution >= 4 is 34.0 Å². The molecular formula is C20H18N4O6. The number of nitrogens with one attached hydrogen (secondary N) is 1. The Balaban J connectivity index is 1.80. The number of anilines is 1. The Bertz CT molecular complexity index is 1250. The molecule has 0 fully saturated rings. The van der Waals surface area contributed by atoms with Crippen molar-refractivity contribution < 1.29 is 19.2 Å². The molecule has 0 aliphatic carbocycles. The average molecular weight is 410 g/mol. The van der Waals surface area contributed by atoms with Crippen LogP contribution in [-0.2, 0) is 16.6 Å². The molecule has 2 aromatic carbocycles. The van der Waals surface area contributed by atoms with Gasteiger partial charge in [0.25, 0.3) is 17.2 Å². The van der Waals surface area contributed by atoms with Crippen molar-refractivity contribution in [2.75, 3.05) is 11.9 Å². The van der Waals surface area contributed by atoms with Gasteiger partial charge in [-0.05, 0) is 31.0 Å². The summed E-state index contributed by atoms with van der Waals surface area (Å²) < 4.78 is 6.05. The van der Waals surface area contributed by atoms with Gasteiger partial charge < -0.3 is 10.1 Å². The van der Waals surface area contributed by atoms with Crippen LogP contribution in [0.5, 0.6) is 0 Å². The second kappa shape index (κ2) is 8.11. The fourth-order valence-corrected chi connectivity index (χ4v) is 2.94. The van der Waals surface area contributed by atoms with E-state index < -0.39 is 23.4 Å². The average Bonchev–Trinajstić information content (AvgIpc) is 2.72. The molecule has 0 spiro atoms. The molecule has 154 valence electrons. The number of carbonyl (C=O) groups is 2. The maximum absolute atomic E-state index is 12.5. The summed E-state index contributed by atoms with van der Waals surface area (Å²) in [4.78, 5) is 47.6. The third kappa shape index (κ3) is 3.88. The zero-order valence-corrected chi connectivity index (χ0v) is 16.5. The minimum absolute atomic E-state index is 0.0479. The van der Waals surface area contributed by atoms with Crippen LogP contribution in [0.15, 0.2) is 41.2 Å². The molecule has 10 heteroatoms. The van der Waals surface area contributed by atoms with Gasteiger partial charge in [-0.25, -0.2) is 9.48 Å². The number of hydrogen-bond donors (Lipinski definition) is 1. The molecule has 1 aromatic heterocycles. The van der Waals surface area contributed by atoms with Crippen LogP contribution in [-0.4, -0.2) is 33.2 Å². The summed E-state index contributed by atoms with van der Waals surface area (Å²) in [7, 11) is 1.40. The maximum Gasteiger partial charge on any atom is 0.359 e. The van der Waals surface area contributed by atoms with Gasteiger partial charge in [0, 0.05) is 18.5 Å². The molecule has 10 nitrogen and oxygen atoms in total. The van der Waals surface area contributed by atoms with Gasteiger partial charge in [0.05, 0.1) is 10.3 Å². The van der Waals surface area contributed by atoms with Crippen molar-refractivity contribution in [2.45, 2.75) is 13.8 Å². The molecule has 0 unspecified atom stereocenters. The van der Waals surface area contributed by atoms with Gasteiger partial charge in [-0.15, -0.1) is 0 Å². The first-order valence-electron chi connectivity index (χ1n) is 8.88. The highest BCUT2D eigenvalue weighted by molar-refractivity contribution is 6.03. The van der Waals surface area contributed by atoms with Crippen LogP contribution in [0.25, 0.3) is 10.8 Å². The Hall–Kier alpha value is -4.08. The summed E-state index contributed by atoms with van der Waals surface area (Å²) in [6, 6.07) is 9.29. The smallest absolute Gasteiger partial charge is 0.359 e. The number of nitro benzene ring substituents is 1. The lowest BCUT2D eigenvalue weighted by molar-refractivity contribution is -0.384. The largest absolute Gasteiger partial charge is 0.451 e. The molecule has 1 amide bonds. The van der Waals surface area contributed by atoms with Crippen LogP contribution >= 0.6 is 0 Å². The van der Waals surface area contributed by atoms with Crippen molar-refractivity contribution in [3.05, 3.63) is 73.7 Å². The number of fused-ring (bicyclic) bond motifs is 1. The number of aryl methyl sites for hydroxylation is 2. The van der Waals surface area contributed by atoms with Gasteiger partial charge in [0.2, 0.25) is 0 Å². The third-order valence-corrected chi connectivity index (χ3v) is 4.66. The first kappa shape index (κ1) is 20.6. The zero-order valence-electron chi connectivity index (χ0n) is 16.5. The summed E-state index contributed by atoms with van der Waals surface area (Å²) in [5, 5.41) is 18.2. The fraction of sp³-hybridized carbons (Fsp3) is 0.200. The molecule has 0 radical (unpaired) electrons. The normalized spacial score (nSPS) is 10.6. The molecular weight excluding hydrogens is 392 g/mol.